The third kappa shape index (κ3) is 3.38. The second-order valence-electron chi connectivity index (χ2n) is 4.50. The Labute approximate surface area is 112 Å². The lowest BCUT2D eigenvalue weighted by atomic mass is 9.95. The van der Waals surface area contributed by atoms with Crippen LogP contribution < -0.4 is 5.32 Å². The number of nitrogens with zero attached hydrogens (tertiary/aromatic N) is 3. The Morgan fingerprint density at radius 3 is 2.68 bits per heavy atom. The monoisotopic (exact) mass is 262 g/mol. The summed E-state index contributed by atoms with van der Waals surface area (Å²) in [5.74, 6) is 1.02. The van der Waals surface area contributed by atoms with E-state index >= 15 is 0 Å². The number of likely N-dealkylation sites (N-methyl/N-ethyl adjacent to an activating group) is 1. The highest BCUT2D eigenvalue weighted by Gasteiger charge is 2.15. The molecule has 1 aromatic carbocycles. The second kappa shape index (κ2) is 6.43. The smallest absolute Gasteiger partial charge is 0.138 e. The molecule has 0 saturated carbocycles. The highest BCUT2D eigenvalue weighted by Crippen LogP contribution is 2.19. The van der Waals surface area contributed by atoms with Gasteiger partial charge < -0.3 is 5.32 Å². The van der Waals surface area contributed by atoms with Crippen LogP contribution in [0.2, 0.25) is 0 Å². The van der Waals surface area contributed by atoms with Crippen molar-refractivity contribution in [3.05, 3.63) is 47.8 Å². The van der Waals surface area contributed by atoms with Crippen LogP contribution in [0.5, 0.6) is 0 Å². The van der Waals surface area contributed by atoms with Gasteiger partial charge in [-0.2, -0.15) is 5.10 Å². The van der Waals surface area contributed by atoms with Crippen molar-refractivity contribution in [2.45, 2.75) is 25.8 Å². The van der Waals surface area contributed by atoms with Crippen molar-refractivity contribution in [2.24, 2.45) is 0 Å². The van der Waals surface area contributed by atoms with Crippen LogP contribution in [0, 0.1) is 5.82 Å². The van der Waals surface area contributed by atoms with Crippen molar-refractivity contribution in [1.82, 2.24) is 20.1 Å². The zero-order valence-electron chi connectivity index (χ0n) is 11.3. The van der Waals surface area contributed by atoms with Gasteiger partial charge in [-0.25, -0.2) is 9.37 Å². The van der Waals surface area contributed by atoms with Gasteiger partial charge in [0.05, 0.1) is 0 Å². The van der Waals surface area contributed by atoms with Gasteiger partial charge >= 0.3 is 0 Å². The molecule has 0 spiro atoms. The largest absolute Gasteiger partial charge is 0.319 e. The Kier molecular flexibility index (Phi) is 4.63. The second-order valence-corrected chi connectivity index (χ2v) is 4.50. The first-order chi connectivity index (χ1) is 9.24. The zero-order valence-corrected chi connectivity index (χ0v) is 11.3. The van der Waals surface area contributed by atoms with Crippen LogP contribution in [-0.2, 0) is 13.0 Å². The highest BCUT2D eigenvalue weighted by molar-refractivity contribution is 5.22. The Morgan fingerprint density at radius 2 is 2.05 bits per heavy atom. The fourth-order valence-corrected chi connectivity index (χ4v) is 2.22. The molecule has 1 atom stereocenters. The number of rotatable bonds is 6. The van der Waals surface area contributed by atoms with Crippen molar-refractivity contribution in [1.29, 1.82) is 0 Å². The fourth-order valence-electron chi connectivity index (χ4n) is 2.22. The topological polar surface area (TPSA) is 42.7 Å². The number of halogens is 1. The summed E-state index contributed by atoms with van der Waals surface area (Å²) in [6.07, 6.45) is 2.38. The van der Waals surface area contributed by atoms with Gasteiger partial charge in [-0.15, -0.1) is 0 Å². The molecule has 5 heteroatoms. The van der Waals surface area contributed by atoms with E-state index in [1.165, 1.54) is 12.1 Å². The van der Waals surface area contributed by atoms with Crippen LogP contribution in [0.1, 0.15) is 24.2 Å². The summed E-state index contributed by atoms with van der Waals surface area (Å²) in [6.45, 7) is 3.68. The molecule has 0 aliphatic heterocycles. The molecule has 1 heterocycles. The maximum absolute atomic E-state index is 13.0. The summed E-state index contributed by atoms with van der Waals surface area (Å²) in [5, 5.41) is 7.36. The quantitative estimate of drug-likeness (QED) is 0.865. The van der Waals surface area contributed by atoms with Crippen LogP contribution in [-0.4, -0.2) is 28.4 Å². The third-order valence-electron chi connectivity index (χ3n) is 3.22. The molecule has 19 heavy (non-hydrogen) atoms. The average Bonchev–Trinajstić information content (AvgIpc) is 2.86. The van der Waals surface area contributed by atoms with Gasteiger partial charge in [0.25, 0.3) is 0 Å². The summed E-state index contributed by atoms with van der Waals surface area (Å²) >= 11 is 0. The zero-order chi connectivity index (χ0) is 13.7. The Hall–Kier alpha value is -1.75. The Balaban J connectivity index is 2.18. The van der Waals surface area contributed by atoms with E-state index in [9.17, 15) is 4.39 Å². The van der Waals surface area contributed by atoms with E-state index in [1.54, 1.807) is 6.33 Å². The van der Waals surface area contributed by atoms with Crippen LogP contribution in [0.15, 0.2) is 30.6 Å². The molecular formula is C14H19FN4. The number of hydrogen-bond acceptors (Lipinski definition) is 3. The van der Waals surface area contributed by atoms with Crippen LogP contribution in [0.4, 0.5) is 4.39 Å². The summed E-state index contributed by atoms with van der Waals surface area (Å²) in [4.78, 5) is 4.30. The molecule has 0 aliphatic carbocycles. The molecule has 1 N–H and O–H groups in total. The minimum atomic E-state index is -0.205. The molecule has 1 aromatic heterocycles. The van der Waals surface area contributed by atoms with E-state index in [0.29, 0.717) is 0 Å². The highest BCUT2D eigenvalue weighted by atomic mass is 19.1. The summed E-state index contributed by atoms with van der Waals surface area (Å²) in [6, 6.07) is 6.68. The molecule has 1 unspecified atom stereocenters. The predicted molar refractivity (Wildman–Crippen MR) is 72.5 cm³/mol. The lowest BCUT2D eigenvalue weighted by Crippen LogP contribution is -2.21. The molecule has 0 fully saturated rings. The minimum absolute atomic E-state index is 0.205. The van der Waals surface area contributed by atoms with Crippen molar-refractivity contribution in [3.8, 4) is 0 Å². The standard InChI is InChI=1S/C14H19FN4/c1-3-19-14(17-10-18-19)8-12(9-16-2)11-4-6-13(15)7-5-11/h4-7,10,12,16H,3,8-9H2,1-2H3. The van der Waals surface area contributed by atoms with E-state index in [0.717, 1.165) is 30.9 Å². The molecule has 0 amide bonds. The first kappa shape index (κ1) is 13.7. The number of nitrogens with one attached hydrogen (secondary N) is 1. The lowest BCUT2D eigenvalue weighted by molar-refractivity contribution is 0.555. The van der Waals surface area contributed by atoms with Crippen LogP contribution >= 0.6 is 0 Å². The molecule has 2 aromatic rings. The van der Waals surface area contributed by atoms with E-state index < -0.39 is 0 Å². The first-order valence-electron chi connectivity index (χ1n) is 6.51. The molecule has 0 bridgehead atoms. The van der Waals surface area contributed by atoms with Crippen molar-refractivity contribution in [3.63, 3.8) is 0 Å². The lowest BCUT2D eigenvalue weighted by Gasteiger charge is -2.17. The fraction of sp³-hybridized carbons (Fsp3) is 0.429. The van der Waals surface area contributed by atoms with Crippen LogP contribution in [0.25, 0.3) is 0 Å². The van der Waals surface area contributed by atoms with E-state index in [1.807, 2.05) is 30.8 Å². The van der Waals surface area contributed by atoms with Gasteiger partial charge in [-0.3, -0.25) is 4.68 Å². The maximum atomic E-state index is 13.0. The maximum Gasteiger partial charge on any atom is 0.138 e. The SMILES string of the molecule is CCn1ncnc1CC(CNC)c1ccc(F)cc1. The third-order valence-corrected chi connectivity index (χ3v) is 3.22. The summed E-state index contributed by atoms with van der Waals surface area (Å²) in [5.41, 5.74) is 1.11. The molecule has 102 valence electrons. The predicted octanol–water partition coefficient (Wildman–Crippen LogP) is 1.98. The van der Waals surface area contributed by atoms with Crippen molar-refractivity contribution < 1.29 is 4.39 Å². The molecular weight excluding hydrogens is 243 g/mol. The molecule has 0 aliphatic rings. The van der Waals surface area contributed by atoms with E-state index in [-0.39, 0.29) is 11.7 Å². The van der Waals surface area contributed by atoms with Gasteiger partial charge in [0.1, 0.15) is 18.0 Å². The molecule has 2 rings (SSSR count). The van der Waals surface area contributed by atoms with Crippen molar-refractivity contribution >= 4 is 0 Å². The number of aryl methyl sites for hydroxylation is 1. The number of aromatic nitrogens is 3. The van der Waals surface area contributed by atoms with Crippen LogP contribution in [0.3, 0.4) is 0 Å². The molecule has 0 radical (unpaired) electrons. The molecule has 0 saturated heterocycles. The van der Waals surface area contributed by atoms with E-state index in [4.69, 9.17) is 0 Å². The van der Waals surface area contributed by atoms with Gasteiger partial charge in [0, 0.05) is 25.4 Å². The van der Waals surface area contributed by atoms with Gasteiger partial charge in [-0.05, 0) is 31.7 Å². The minimum Gasteiger partial charge on any atom is -0.319 e. The van der Waals surface area contributed by atoms with Gasteiger partial charge in [0.15, 0.2) is 0 Å². The summed E-state index contributed by atoms with van der Waals surface area (Å²) in [7, 11) is 1.92. The summed E-state index contributed by atoms with van der Waals surface area (Å²) < 4.78 is 14.9. The van der Waals surface area contributed by atoms with E-state index in [2.05, 4.69) is 15.4 Å². The molecule has 4 nitrogen and oxygen atoms in total. The first-order valence-corrected chi connectivity index (χ1v) is 6.51. The average molecular weight is 262 g/mol. The number of hydrogen-bond donors (Lipinski definition) is 1. The number of benzene rings is 1. The van der Waals surface area contributed by atoms with Gasteiger partial charge in [0.2, 0.25) is 0 Å². The normalized spacial score (nSPS) is 12.6. The Morgan fingerprint density at radius 1 is 1.32 bits per heavy atom. The van der Waals surface area contributed by atoms with Crippen molar-refractivity contribution in [2.75, 3.05) is 13.6 Å². The van der Waals surface area contributed by atoms with Gasteiger partial charge in [-0.1, -0.05) is 12.1 Å². The Bertz CT molecular complexity index is 506.